The molecule has 1 aromatic heterocycles. The minimum absolute atomic E-state index is 0.0141. The zero-order valence-corrected chi connectivity index (χ0v) is 13.0. The average molecular weight is 295 g/mol. The minimum Gasteiger partial charge on any atom is -0.338 e. The second kappa shape index (κ2) is 7.28. The van der Waals surface area contributed by atoms with Gasteiger partial charge in [-0.05, 0) is 33.1 Å². The van der Waals surface area contributed by atoms with Crippen LogP contribution in [0.2, 0.25) is 0 Å². The first-order chi connectivity index (χ1) is 10.2. The van der Waals surface area contributed by atoms with Gasteiger partial charge in [-0.25, -0.2) is 14.3 Å². The van der Waals surface area contributed by atoms with Gasteiger partial charge in [0.05, 0.1) is 0 Å². The van der Waals surface area contributed by atoms with Crippen LogP contribution in [0.5, 0.6) is 0 Å². The summed E-state index contributed by atoms with van der Waals surface area (Å²) in [6.45, 7) is 7.22. The number of nitrogens with zero attached hydrogens (tertiary/aromatic N) is 4. The van der Waals surface area contributed by atoms with Gasteiger partial charge in [0, 0.05) is 39.1 Å². The van der Waals surface area contributed by atoms with Crippen molar-refractivity contribution >= 4 is 6.03 Å². The molecule has 0 saturated carbocycles. The van der Waals surface area contributed by atoms with Crippen LogP contribution in [0.15, 0.2) is 4.79 Å². The summed E-state index contributed by atoms with van der Waals surface area (Å²) in [6, 6.07) is -0.0449. The number of urea groups is 1. The Labute approximate surface area is 124 Å². The molecule has 118 valence electrons. The van der Waals surface area contributed by atoms with E-state index in [1.165, 1.54) is 4.68 Å². The van der Waals surface area contributed by atoms with Gasteiger partial charge in [0.1, 0.15) is 5.82 Å². The highest BCUT2D eigenvalue weighted by molar-refractivity contribution is 5.73. The number of aromatic nitrogens is 3. The number of rotatable bonds is 6. The van der Waals surface area contributed by atoms with Crippen molar-refractivity contribution in [1.29, 1.82) is 0 Å². The summed E-state index contributed by atoms with van der Waals surface area (Å²) >= 11 is 0. The summed E-state index contributed by atoms with van der Waals surface area (Å²) in [4.78, 5) is 25.6. The van der Waals surface area contributed by atoms with Crippen LogP contribution in [-0.4, -0.2) is 44.9 Å². The summed E-state index contributed by atoms with van der Waals surface area (Å²) in [5.41, 5.74) is -0.0141. The van der Waals surface area contributed by atoms with E-state index >= 15 is 0 Å². The molecule has 0 spiro atoms. The molecule has 0 aliphatic carbocycles. The molecule has 1 aliphatic heterocycles. The molecule has 0 aromatic carbocycles. The van der Waals surface area contributed by atoms with Crippen LogP contribution in [0.1, 0.15) is 38.9 Å². The second-order valence-electron chi connectivity index (χ2n) is 5.29. The first-order valence-corrected chi connectivity index (χ1v) is 7.86. The van der Waals surface area contributed by atoms with Gasteiger partial charge in [-0.15, -0.1) is 0 Å². The standard InChI is InChI=1S/C14H25N5O2/c1-3-17(4-2)13(20)15-9-7-11-19-14(21)18-10-6-5-8-12(18)16-19/h3-11H2,1-2H3,(H,15,20). The molecule has 2 amide bonds. The second-order valence-corrected chi connectivity index (χ2v) is 5.29. The Morgan fingerprint density at radius 1 is 1.33 bits per heavy atom. The zero-order chi connectivity index (χ0) is 15.2. The number of hydrogen-bond acceptors (Lipinski definition) is 3. The summed E-state index contributed by atoms with van der Waals surface area (Å²) < 4.78 is 3.31. The fourth-order valence-corrected chi connectivity index (χ4v) is 2.64. The van der Waals surface area contributed by atoms with E-state index in [2.05, 4.69) is 10.4 Å². The van der Waals surface area contributed by atoms with E-state index in [9.17, 15) is 9.59 Å². The molecule has 2 heterocycles. The molecular weight excluding hydrogens is 270 g/mol. The normalized spacial score (nSPS) is 13.8. The Morgan fingerprint density at radius 2 is 2.10 bits per heavy atom. The summed E-state index contributed by atoms with van der Waals surface area (Å²) in [5, 5.41) is 7.25. The van der Waals surface area contributed by atoms with Gasteiger partial charge in [-0.2, -0.15) is 5.10 Å². The molecule has 0 unspecified atom stereocenters. The third-order valence-corrected chi connectivity index (χ3v) is 3.91. The molecule has 1 aromatic rings. The van der Waals surface area contributed by atoms with Gasteiger partial charge in [0.2, 0.25) is 0 Å². The highest BCUT2D eigenvalue weighted by atomic mass is 16.2. The average Bonchev–Trinajstić information content (AvgIpc) is 2.82. The van der Waals surface area contributed by atoms with Gasteiger partial charge in [-0.3, -0.25) is 4.57 Å². The van der Waals surface area contributed by atoms with Gasteiger partial charge in [-0.1, -0.05) is 0 Å². The lowest BCUT2D eigenvalue weighted by atomic mass is 10.2. The van der Waals surface area contributed by atoms with Crippen molar-refractivity contribution in [2.24, 2.45) is 0 Å². The van der Waals surface area contributed by atoms with Crippen molar-refractivity contribution in [2.45, 2.75) is 52.6 Å². The van der Waals surface area contributed by atoms with Crippen molar-refractivity contribution in [2.75, 3.05) is 19.6 Å². The fraction of sp³-hybridized carbons (Fsp3) is 0.786. The van der Waals surface area contributed by atoms with Crippen molar-refractivity contribution in [3.8, 4) is 0 Å². The van der Waals surface area contributed by atoms with Crippen molar-refractivity contribution < 1.29 is 4.79 Å². The topological polar surface area (TPSA) is 72.2 Å². The molecule has 21 heavy (non-hydrogen) atoms. The number of aryl methyl sites for hydroxylation is 2. The molecule has 2 rings (SSSR count). The van der Waals surface area contributed by atoms with Crippen LogP contribution in [0.3, 0.4) is 0 Å². The molecule has 0 radical (unpaired) electrons. The summed E-state index contributed by atoms with van der Waals surface area (Å²) in [5.74, 6) is 0.901. The van der Waals surface area contributed by atoms with E-state index in [0.29, 0.717) is 32.6 Å². The van der Waals surface area contributed by atoms with Gasteiger partial charge >= 0.3 is 11.7 Å². The van der Waals surface area contributed by atoms with E-state index in [0.717, 1.165) is 31.6 Å². The Kier molecular flexibility index (Phi) is 5.41. The van der Waals surface area contributed by atoms with E-state index in [1.54, 1.807) is 9.47 Å². The number of nitrogens with one attached hydrogen (secondary N) is 1. The molecule has 0 bridgehead atoms. The van der Waals surface area contributed by atoms with Crippen LogP contribution < -0.4 is 11.0 Å². The highest BCUT2D eigenvalue weighted by Gasteiger charge is 2.16. The van der Waals surface area contributed by atoms with E-state index in [1.807, 2.05) is 13.8 Å². The lowest BCUT2D eigenvalue weighted by molar-refractivity contribution is 0.203. The fourth-order valence-electron chi connectivity index (χ4n) is 2.64. The molecule has 0 fully saturated rings. The number of hydrogen-bond donors (Lipinski definition) is 1. The maximum absolute atomic E-state index is 12.1. The van der Waals surface area contributed by atoms with Crippen LogP contribution >= 0.6 is 0 Å². The Balaban J connectivity index is 1.80. The molecule has 7 nitrogen and oxygen atoms in total. The van der Waals surface area contributed by atoms with Crippen molar-refractivity contribution in [3.63, 3.8) is 0 Å². The van der Waals surface area contributed by atoms with E-state index < -0.39 is 0 Å². The van der Waals surface area contributed by atoms with Crippen LogP contribution in [-0.2, 0) is 19.5 Å². The monoisotopic (exact) mass is 295 g/mol. The van der Waals surface area contributed by atoms with Gasteiger partial charge in [0.15, 0.2) is 0 Å². The lowest BCUT2D eigenvalue weighted by Gasteiger charge is -2.19. The third kappa shape index (κ3) is 3.65. The highest BCUT2D eigenvalue weighted by Crippen LogP contribution is 2.09. The number of fused-ring (bicyclic) bond motifs is 1. The van der Waals surface area contributed by atoms with Crippen LogP contribution in [0.4, 0.5) is 4.79 Å². The maximum Gasteiger partial charge on any atom is 0.345 e. The lowest BCUT2D eigenvalue weighted by Crippen LogP contribution is -2.40. The smallest absolute Gasteiger partial charge is 0.338 e. The van der Waals surface area contributed by atoms with E-state index in [-0.39, 0.29) is 11.7 Å². The quantitative estimate of drug-likeness (QED) is 0.790. The van der Waals surface area contributed by atoms with E-state index in [4.69, 9.17) is 0 Å². The minimum atomic E-state index is -0.0449. The van der Waals surface area contributed by atoms with Crippen LogP contribution in [0, 0.1) is 0 Å². The first kappa shape index (κ1) is 15.6. The predicted octanol–water partition coefficient (Wildman–Crippen LogP) is 0.823. The number of carbonyl (C=O) groups excluding carboxylic acids is 1. The third-order valence-electron chi connectivity index (χ3n) is 3.91. The maximum atomic E-state index is 12.1. The molecule has 1 N–H and O–H groups in total. The largest absolute Gasteiger partial charge is 0.345 e. The zero-order valence-electron chi connectivity index (χ0n) is 13.0. The molecular formula is C14H25N5O2. The molecule has 7 heteroatoms. The van der Waals surface area contributed by atoms with Gasteiger partial charge < -0.3 is 10.2 Å². The Hall–Kier alpha value is -1.79. The first-order valence-electron chi connectivity index (χ1n) is 7.86. The predicted molar refractivity (Wildman–Crippen MR) is 80.4 cm³/mol. The molecule has 1 aliphatic rings. The SMILES string of the molecule is CCN(CC)C(=O)NCCCn1nc2n(c1=O)CCCC2. The summed E-state index contributed by atoms with van der Waals surface area (Å²) in [7, 11) is 0. The Bertz CT molecular complexity index is 530. The van der Waals surface area contributed by atoms with Gasteiger partial charge in [0.25, 0.3) is 0 Å². The van der Waals surface area contributed by atoms with Crippen LogP contribution in [0.25, 0.3) is 0 Å². The molecule has 0 atom stereocenters. The summed E-state index contributed by atoms with van der Waals surface area (Å²) in [6.07, 6.45) is 3.76. The Morgan fingerprint density at radius 3 is 2.76 bits per heavy atom. The molecule has 0 saturated heterocycles. The number of amides is 2. The van der Waals surface area contributed by atoms with Crippen molar-refractivity contribution in [3.05, 3.63) is 16.3 Å². The number of carbonyl (C=O) groups is 1. The van der Waals surface area contributed by atoms with Crippen molar-refractivity contribution in [1.82, 2.24) is 24.6 Å².